The molecular formula is C20H18N2O2S. The van der Waals surface area contributed by atoms with Gasteiger partial charge in [0.15, 0.2) is 0 Å². The highest BCUT2D eigenvalue weighted by Crippen LogP contribution is 2.23. The Hall–Kier alpha value is -2.66. The topological polar surface area (TPSA) is 58.2 Å². The molecule has 1 atom stereocenters. The Morgan fingerprint density at radius 1 is 1.20 bits per heavy atom. The Morgan fingerprint density at radius 3 is 3.00 bits per heavy atom. The molecule has 25 heavy (non-hydrogen) atoms. The Balaban J connectivity index is 1.43. The van der Waals surface area contributed by atoms with E-state index in [0.717, 1.165) is 28.6 Å². The van der Waals surface area contributed by atoms with Crippen molar-refractivity contribution in [1.82, 2.24) is 5.32 Å². The smallest absolute Gasteiger partial charge is 0.246 e. The fourth-order valence-corrected chi connectivity index (χ4v) is 3.98. The second-order valence-corrected chi connectivity index (χ2v) is 7.22. The van der Waals surface area contributed by atoms with Crippen LogP contribution in [0.4, 0.5) is 5.69 Å². The van der Waals surface area contributed by atoms with Crippen LogP contribution in [0.1, 0.15) is 17.5 Å². The second-order valence-electron chi connectivity index (χ2n) is 6.27. The molecule has 2 N–H and O–H groups in total. The number of para-hydroxylation sites is 1. The Labute approximate surface area is 149 Å². The number of carbonyl (C=O) groups excluding carboxylic acids is 2. The van der Waals surface area contributed by atoms with Crippen molar-refractivity contribution in [2.75, 3.05) is 5.32 Å². The Bertz CT molecular complexity index is 948. The van der Waals surface area contributed by atoms with Crippen molar-refractivity contribution < 1.29 is 9.59 Å². The van der Waals surface area contributed by atoms with E-state index in [1.54, 1.807) is 11.3 Å². The van der Waals surface area contributed by atoms with Crippen LogP contribution < -0.4 is 10.6 Å². The largest absolute Gasteiger partial charge is 0.344 e. The number of hydrogen-bond acceptors (Lipinski definition) is 3. The van der Waals surface area contributed by atoms with Gasteiger partial charge in [-0.05, 0) is 59.0 Å². The summed E-state index contributed by atoms with van der Waals surface area (Å²) in [7, 11) is 0. The van der Waals surface area contributed by atoms with Crippen molar-refractivity contribution >= 4 is 38.9 Å². The lowest BCUT2D eigenvalue weighted by Crippen LogP contribution is -2.43. The molecule has 1 aliphatic rings. The summed E-state index contributed by atoms with van der Waals surface area (Å²) in [5, 5.41) is 8.99. The van der Waals surface area contributed by atoms with Gasteiger partial charge in [-0.25, -0.2) is 0 Å². The van der Waals surface area contributed by atoms with E-state index in [4.69, 9.17) is 0 Å². The number of fused-ring (bicyclic) bond motifs is 2. The molecule has 2 aromatic carbocycles. The molecule has 0 spiro atoms. The standard InChI is InChI=1S/C20H18N2O2S/c23-19(12-13-5-8-18-15(11-13)9-10-25-18)21-17-7-6-14-3-1-2-4-16(14)22-20(17)24/h1-5,8-11,17H,6-7,12H2,(H,21,23)(H,22,24). The van der Waals surface area contributed by atoms with E-state index in [0.29, 0.717) is 6.42 Å². The molecule has 0 bridgehead atoms. The highest BCUT2D eigenvalue weighted by molar-refractivity contribution is 7.17. The van der Waals surface area contributed by atoms with Crippen LogP contribution >= 0.6 is 11.3 Å². The van der Waals surface area contributed by atoms with Gasteiger partial charge in [0.1, 0.15) is 6.04 Å². The van der Waals surface area contributed by atoms with Gasteiger partial charge in [0.05, 0.1) is 6.42 Å². The lowest BCUT2D eigenvalue weighted by molar-refractivity contribution is -0.126. The molecule has 4 nitrogen and oxygen atoms in total. The molecule has 1 aliphatic heterocycles. The summed E-state index contributed by atoms with van der Waals surface area (Å²) in [5.74, 6) is -0.271. The third kappa shape index (κ3) is 3.42. The van der Waals surface area contributed by atoms with Crippen LogP contribution in [0.25, 0.3) is 10.1 Å². The third-order valence-corrected chi connectivity index (χ3v) is 5.41. The SMILES string of the molecule is O=C(Cc1ccc2sccc2c1)NC1CCc2ccccc2NC1=O. The first-order valence-corrected chi connectivity index (χ1v) is 9.21. The second kappa shape index (κ2) is 6.69. The molecule has 0 saturated heterocycles. The molecular weight excluding hydrogens is 332 g/mol. The highest BCUT2D eigenvalue weighted by atomic mass is 32.1. The third-order valence-electron chi connectivity index (χ3n) is 4.51. The quantitative estimate of drug-likeness (QED) is 0.759. The average Bonchev–Trinajstić information content (AvgIpc) is 3.01. The van der Waals surface area contributed by atoms with Gasteiger partial charge in [0.25, 0.3) is 0 Å². The fraction of sp³-hybridized carbons (Fsp3) is 0.200. The van der Waals surface area contributed by atoms with Crippen molar-refractivity contribution in [3.8, 4) is 0 Å². The number of benzene rings is 2. The molecule has 3 aromatic rings. The zero-order valence-electron chi connectivity index (χ0n) is 13.6. The lowest BCUT2D eigenvalue weighted by Gasteiger charge is -2.15. The average molecular weight is 350 g/mol. The summed E-state index contributed by atoms with van der Waals surface area (Å²) >= 11 is 1.69. The van der Waals surface area contributed by atoms with Gasteiger partial charge < -0.3 is 10.6 Å². The molecule has 4 rings (SSSR count). The first kappa shape index (κ1) is 15.8. The summed E-state index contributed by atoms with van der Waals surface area (Å²) in [5.41, 5.74) is 2.91. The van der Waals surface area contributed by atoms with Crippen LogP contribution in [0, 0.1) is 0 Å². The molecule has 0 saturated carbocycles. The van der Waals surface area contributed by atoms with Crippen LogP contribution in [-0.2, 0) is 22.4 Å². The lowest BCUT2D eigenvalue weighted by atomic mass is 10.1. The number of thiophene rings is 1. The van der Waals surface area contributed by atoms with Crippen LogP contribution in [0.15, 0.2) is 53.9 Å². The maximum Gasteiger partial charge on any atom is 0.246 e. The number of anilines is 1. The van der Waals surface area contributed by atoms with Gasteiger partial charge in [-0.2, -0.15) is 0 Å². The number of carbonyl (C=O) groups is 2. The Kier molecular flexibility index (Phi) is 4.24. The fourth-order valence-electron chi connectivity index (χ4n) is 3.21. The summed E-state index contributed by atoms with van der Waals surface area (Å²) in [6, 6.07) is 15.4. The van der Waals surface area contributed by atoms with Gasteiger partial charge in [-0.3, -0.25) is 9.59 Å². The molecule has 2 heterocycles. The zero-order valence-corrected chi connectivity index (χ0v) is 14.4. The number of nitrogens with one attached hydrogen (secondary N) is 2. The number of hydrogen-bond donors (Lipinski definition) is 2. The molecule has 126 valence electrons. The van der Waals surface area contributed by atoms with E-state index < -0.39 is 6.04 Å². The minimum Gasteiger partial charge on any atom is -0.344 e. The van der Waals surface area contributed by atoms with E-state index in [9.17, 15) is 9.59 Å². The first-order valence-electron chi connectivity index (χ1n) is 8.33. The molecule has 0 aliphatic carbocycles. The maximum absolute atomic E-state index is 12.4. The van der Waals surface area contributed by atoms with Crippen LogP contribution in [0.3, 0.4) is 0 Å². The molecule has 1 aromatic heterocycles. The summed E-state index contributed by atoms with van der Waals surface area (Å²) in [4.78, 5) is 24.8. The van der Waals surface area contributed by atoms with Crippen LogP contribution in [-0.4, -0.2) is 17.9 Å². The molecule has 1 unspecified atom stereocenters. The van der Waals surface area contributed by atoms with Gasteiger partial charge in [-0.1, -0.05) is 24.3 Å². The number of aryl methyl sites for hydroxylation is 1. The normalized spacial score (nSPS) is 16.8. The predicted molar refractivity (Wildman–Crippen MR) is 101 cm³/mol. The predicted octanol–water partition coefficient (Wildman–Crippen LogP) is 3.51. The van der Waals surface area contributed by atoms with E-state index in [-0.39, 0.29) is 18.2 Å². The summed E-state index contributed by atoms with van der Waals surface area (Å²) in [6.45, 7) is 0. The van der Waals surface area contributed by atoms with Crippen LogP contribution in [0.5, 0.6) is 0 Å². The van der Waals surface area contributed by atoms with Crippen LogP contribution in [0.2, 0.25) is 0 Å². The van der Waals surface area contributed by atoms with E-state index in [1.165, 1.54) is 4.70 Å². The number of rotatable bonds is 3. The number of amides is 2. The van der Waals surface area contributed by atoms with Gasteiger partial charge in [0.2, 0.25) is 11.8 Å². The minimum absolute atomic E-state index is 0.124. The first-order chi connectivity index (χ1) is 12.2. The molecule has 0 radical (unpaired) electrons. The van der Waals surface area contributed by atoms with Gasteiger partial charge in [-0.15, -0.1) is 11.3 Å². The van der Waals surface area contributed by atoms with E-state index >= 15 is 0 Å². The molecule has 0 fully saturated rings. The summed E-state index contributed by atoms with van der Waals surface area (Å²) in [6.07, 6.45) is 1.65. The zero-order chi connectivity index (χ0) is 17.2. The maximum atomic E-state index is 12.4. The van der Waals surface area contributed by atoms with E-state index in [2.05, 4.69) is 16.7 Å². The van der Waals surface area contributed by atoms with E-state index in [1.807, 2.05) is 47.8 Å². The molecule has 2 amide bonds. The van der Waals surface area contributed by atoms with Crippen molar-refractivity contribution in [3.63, 3.8) is 0 Å². The Morgan fingerprint density at radius 2 is 2.08 bits per heavy atom. The van der Waals surface area contributed by atoms with Crippen molar-refractivity contribution in [2.45, 2.75) is 25.3 Å². The monoisotopic (exact) mass is 350 g/mol. The van der Waals surface area contributed by atoms with Crippen molar-refractivity contribution in [2.24, 2.45) is 0 Å². The highest BCUT2D eigenvalue weighted by Gasteiger charge is 2.24. The molecule has 5 heteroatoms. The van der Waals surface area contributed by atoms with Crippen molar-refractivity contribution in [3.05, 3.63) is 65.0 Å². The van der Waals surface area contributed by atoms with Gasteiger partial charge >= 0.3 is 0 Å². The summed E-state index contributed by atoms with van der Waals surface area (Å²) < 4.78 is 1.21. The van der Waals surface area contributed by atoms with Gasteiger partial charge in [0, 0.05) is 10.4 Å². The minimum atomic E-state index is -0.496. The van der Waals surface area contributed by atoms with Crippen molar-refractivity contribution in [1.29, 1.82) is 0 Å².